The molecule has 1 heterocycles. The highest BCUT2D eigenvalue weighted by molar-refractivity contribution is 8.41. The Morgan fingerprint density at radius 2 is 2.50 bits per heavy atom. The maximum atomic E-state index is 5.17. The van der Waals surface area contributed by atoms with E-state index in [4.69, 9.17) is 16.8 Å². The number of hydrogen-bond acceptors (Lipinski definition) is 2. The van der Waals surface area contributed by atoms with Crippen LogP contribution in [-0.2, 0) is 16.8 Å². The Morgan fingerprint density at radius 1 is 1.75 bits per heavy atom. The van der Waals surface area contributed by atoms with Gasteiger partial charge in [-0.25, -0.2) is 0 Å². The van der Waals surface area contributed by atoms with Gasteiger partial charge in [0, 0.05) is 6.42 Å². The molecule has 0 bridgehead atoms. The topological polar surface area (TPSA) is 9.23 Å². The van der Waals surface area contributed by atoms with Crippen molar-refractivity contribution in [3.63, 3.8) is 0 Å². The highest BCUT2D eigenvalue weighted by Crippen LogP contribution is 2.62. The molecular formula is C5H9OPS. The molecule has 0 aromatic carbocycles. The molecule has 0 saturated heterocycles. The van der Waals surface area contributed by atoms with Crippen LogP contribution in [0.25, 0.3) is 0 Å². The molecule has 0 saturated carbocycles. The van der Waals surface area contributed by atoms with Crippen molar-refractivity contribution in [2.24, 2.45) is 0 Å². The van der Waals surface area contributed by atoms with Gasteiger partial charge in [-0.2, -0.15) is 0 Å². The standard InChI is InChI=1S/C5H9OPS/c1-6-7(8)4-2-3-5-7/h2,4H,3,5H2,1H3. The molecule has 0 amide bonds. The van der Waals surface area contributed by atoms with Crippen molar-refractivity contribution < 1.29 is 4.52 Å². The molecule has 0 fully saturated rings. The molecule has 1 atom stereocenters. The molecule has 0 spiro atoms. The quantitative estimate of drug-likeness (QED) is 0.415. The second-order valence-electron chi connectivity index (χ2n) is 1.81. The predicted octanol–water partition coefficient (Wildman–Crippen LogP) is 1.94. The lowest BCUT2D eigenvalue weighted by molar-refractivity contribution is 0.464. The Morgan fingerprint density at radius 3 is 2.75 bits per heavy atom. The Kier molecular flexibility index (Phi) is 1.97. The molecule has 0 radical (unpaired) electrons. The molecule has 8 heavy (non-hydrogen) atoms. The molecular weight excluding hydrogens is 139 g/mol. The van der Waals surface area contributed by atoms with Crippen LogP contribution in [0.3, 0.4) is 0 Å². The van der Waals surface area contributed by atoms with E-state index in [-0.39, 0.29) is 0 Å². The van der Waals surface area contributed by atoms with Gasteiger partial charge in [-0.3, -0.25) is 4.52 Å². The van der Waals surface area contributed by atoms with Gasteiger partial charge >= 0.3 is 0 Å². The van der Waals surface area contributed by atoms with Crippen LogP contribution in [0, 0.1) is 0 Å². The Balaban J connectivity index is 2.54. The summed E-state index contributed by atoms with van der Waals surface area (Å²) in [6.45, 7) is -1.40. The lowest BCUT2D eigenvalue weighted by atomic mass is 10.5. The maximum Gasteiger partial charge on any atom is 0.0776 e. The fraction of sp³-hybridized carbons (Fsp3) is 0.600. The minimum Gasteiger partial charge on any atom is -0.520 e. The second-order valence-corrected chi connectivity index (χ2v) is 6.22. The van der Waals surface area contributed by atoms with E-state index < -0.39 is 6.69 Å². The highest BCUT2D eigenvalue weighted by Gasteiger charge is 2.22. The van der Waals surface area contributed by atoms with E-state index in [1.165, 1.54) is 0 Å². The first kappa shape index (κ1) is 6.60. The molecule has 1 unspecified atom stereocenters. The summed E-state index contributed by atoms with van der Waals surface area (Å²) in [5.74, 6) is 2.06. The highest BCUT2D eigenvalue weighted by atomic mass is 32.7. The summed E-state index contributed by atoms with van der Waals surface area (Å²) in [7, 11) is 1.70. The van der Waals surface area contributed by atoms with Gasteiger partial charge < -0.3 is 12.2 Å². The predicted molar refractivity (Wildman–Crippen MR) is 39.9 cm³/mol. The smallest absolute Gasteiger partial charge is 0.0776 e. The summed E-state index contributed by atoms with van der Waals surface area (Å²) in [4.78, 5) is 0. The number of rotatable bonds is 1. The van der Waals surface area contributed by atoms with Gasteiger partial charge in [-0.1, -0.05) is 0 Å². The molecule has 0 N–H and O–H groups in total. The summed E-state index contributed by atoms with van der Waals surface area (Å²) < 4.78 is 5.14. The molecule has 1 rings (SSSR count). The van der Waals surface area contributed by atoms with E-state index in [0.717, 1.165) is 12.6 Å². The minimum atomic E-state index is -1.40. The van der Waals surface area contributed by atoms with Crippen molar-refractivity contribution in [1.29, 1.82) is 0 Å². The third-order valence-corrected chi connectivity index (χ3v) is 4.77. The number of allylic oxidation sites excluding steroid dienone is 1. The Hall–Kier alpha value is 0.480. The van der Waals surface area contributed by atoms with Crippen molar-refractivity contribution in [2.75, 3.05) is 13.3 Å². The van der Waals surface area contributed by atoms with Crippen molar-refractivity contribution in [3.05, 3.63) is 11.9 Å². The molecule has 0 aromatic rings. The SMILES string of the molecule is CO[P+]1([S-])C=CCC1. The van der Waals surface area contributed by atoms with Crippen LogP contribution in [-0.4, -0.2) is 13.3 Å². The molecule has 1 aliphatic heterocycles. The van der Waals surface area contributed by atoms with Crippen LogP contribution in [0.2, 0.25) is 0 Å². The lowest BCUT2D eigenvalue weighted by Crippen LogP contribution is -1.87. The fourth-order valence-corrected chi connectivity index (χ4v) is 2.72. The normalized spacial score (nSPS) is 36.2. The maximum absolute atomic E-state index is 5.17. The summed E-state index contributed by atoms with van der Waals surface area (Å²) >= 11 is 5.17. The van der Waals surface area contributed by atoms with Crippen molar-refractivity contribution >= 4 is 18.9 Å². The second kappa shape index (κ2) is 2.38. The molecule has 0 aromatic heterocycles. The molecule has 3 heteroatoms. The van der Waals surface area contributed by atoms with Gasteiger partial charge in [0.15, 0.2) is 0 Å². The Labute approximate surface area is 55.7 Å². The zero-order chi connectivity index (χ0) is 6.04. The largest absolute Gasteiger partial charge is 0.520 e. The first-order valence-electron chi connectivity index (χ1n) is 2.59. The average Bonchev–Trinajstić information content (AvgIpc) is 2.17. The minimum absolute atomic E-state index is 1.07. The van der Waals surface area contributed by atoms with Crippen LogP contribution in [0.4, 0.5) is 0 Å². The zero-order valence-corrected chi connectivity index (χ0v) is 6.54. The molecule has 1 aliphatic rings. The molecule has 46 valence electrons. The van der Waals surface area contributed by atoms with Crippen LogP contribution in [0.5, 0.6) is 0 Å². The van der Waals surface area contributed by atoms with Gasteiger partial charge in [-0.05, 0) is 6.08 Å². The summed E-state index contributed by atoms with van der Waals surface area (Å²) in [5, 5.41) is 0. The van der Waals surface area contributed by atoms with Gasteiger partial charge in [0.2, 0.25) is 0 Å². The monoisotopic (exact) mass is 148 g/mol. The first-order valence-corrected chi connectivity index (χ1v) is 5.56. The van der Waals surface area contributed by atoms with Gasteiger partial charge in [-0.15, -0.1) is 0 Å². The van der Waals surface area contributed by atoms with E-state index in [1.54, 1.807) is 7.11 Å². The zero-order valence-electron chi connectivity index (χ0n) is 4.83. The van der Waals surface area contributed by atoms with Crippen molar-refractivity contribution in [2.45, 2.75) is 6.42 Å². The van der Waals surface area contributed by atoms with Gasteiger partial charge in [0.25, 0.3) is 0 Å². The summed E-state index contributed by atoms with van der Waals surface area (Å²) in [6.07, 6.45) is 4.30. The first-order chi connectivity index (χ1) is 3.77. The van der Waals surface area contributed by atoms with E-state index in [1.807, 2.05) is 0 Å². The van der Waals surface area contributed by atoms with E-state index in [9.17, 15) is 0 Å². The van der Waals surface area contributed by atoms with Crippen LogP contribution in [0.1, 0.15) is 6.42 Å². The van der Waals surface area contributed by atoms with Crippen LogP contribution in [0.15, 0.2) is 11.9 Å². The van der Waals surface area contributed by atoms with Gasteiger partial charge in [0.1, 0.15) is 0 Å². The summed E-state index contributed by atoms with van der Waals surface area (Å²) in [5.41, 5.74) is 0. The fourth-order valence-electron chi connectivity index (χ4n) is 0.716. The van der Waals surface area contributed by atoms with E-state index >= 15 is 0 Å². The number of hydrogen-bond donors (Lipinski definition) is 0. The average molecular weight is 148 g/mol. The van der Waals surface area contributed by atoms with E-state index in [2.05, 4.69) is 11.9 Å². The third-order valence-electron chi connectivity index (χ3n) is 1.25. The van der Waals surface area contributed by atoms with Crippen LogP contribution >= 0.6 is 6.69 Å². The van der Waals surface area contributed by atoms with Crippen molar-refractivity contribution in [3.8, 4) is 0 Å². The Bertz CT molecular complexity index is 115. The third kappa shape index (κ3) is 1.25. The van der Waals surface area contributed by atoms with Crippen molar-refractivity contribution in [1.82, 2.24) is 0 Å². The lowest BCUT2D eigenvalue weighted by Gasteiger charge is -2.20. The van der Waals surface area contributed by atoms with Gasteiger partial charge in [0.05, 0.1) is 25.8 Å². The molecule has 1 nitrogen and oxygen atoms in total. The summed E-state index contributed by atoms with van der Waals surface area (Å²) in [6, 6.07) is 0. The van der Waals surface area contributed by atoms with Crippen LogP contribution < -0.4 is 0 Å². The molecule has 0 aliphatic carbocycles. The van der Waals surface area contributed by atoms with E-state index in [0.29, 0.717) is 0 Å².